The molecule has 0 saturated heterocycles. The van der Waals surface area contributed by atoms with Crippen LogP contribution in [0.4, 0.5) is 0 Å². The van der Waals surface area contributed by atoms with Crippen LogP contribution in [-0.4, -0.2) is 14.7 Å². The van der Waals surface area contributed by atoms with Crippen molar-refractivity contribution in [3.63, 3.8) is 0 Å². The van der Waals surface area contributed by atoms with Crippen LogP contribution < -0.4 is 0 Å². The fraction of sp³-hybridized carbons (Fsp3) is 0.364. The molecule has 0 aromatic carbocycles. The summed E-state index contributed by atoms with van der Waals surface area (Å²) in [5, 5.41) is 13.6. The minimum absolute atomic E-state index is 0.0835. The van der Waals surface area contributed by atoms with Crippen molar-refractivity contribution in [1.82, 2.24) is 9.61 Å². The Bertz CT molecular complexity index is 471. The number of hydrogen-bond acceptors (Lipinski definition) is 2. The molecule has 1 aliphatic carbocycles. The normalized spacial score (nSPS) is 16.4. The number of fused-ring (bicyclic) bond motifs is 1. The first kappa shape index (κ1) is 8.00. The third-order valence-electron chi connectivity index (χ3n) is 2.77. The predicted octanol–water partition coefficient (Wildman–Crippen LogP) is 1.70. The van der Waals surface area contributed by atoms with Gasteiger partial charge in [-0.1, -0.05) is 6.07 Å². The minimum Gasteiger partial charge on any atom is -0.392 e. The van der Waals surface area contributed by atoms with E-state index in [1.165, 1.54) is 18.5 Å². The second-order valence-corrected chi connectivity index (χ2v) is 3.86. The van der Waals surface area contributed by atoms with E-state index in [9.17, 15) is 0 Å². The van der Waals surface area contributed by atoms with E-state index in [2.05, 4.69) is 11.2 Å². The lowest BCUT2D eigenvalue weighted by Gasteiger charge is -1.97. The first-order valence-electron chi connectivity index (χ1n) is 4.96. The van der Waals surface area contributed by atoms with Crippen LogP contribution in [0.2, 0.25) is 0 Å². The highest BCUT2D eigenvalue weighted by Crippen LogP contribution is 2.39. The molecule has 1 N–H and O–H groups in total. The van der Waals surface area contributed by atoms with Gasteiger partial charge in [0.15, 0.2) is 0 Å². The van der Waals surface area contributed by atoms with Crippen molar-refractivity contribution in [3.05, 3.63) is 35.7 Å². The monoisotopic (exact) mass is 188 g/mol. The lowest BCUT2D eigenvalue weighted by molar-refractivity contribution is 0.283. The van der Waals surface area contributed by atoms with Crippen LogP contribution >= 0.6 is 0 Å². The molecule has 3 nitrogen and oxygen atoms in total. The molecule has 1 fully saturated rings. The molecule has 0 bridgehead atoms. The van der Waals surface area contributed by atoms with Crippen LogP contribution in [0.15, 0.2) is 24.4 Å². The van der Waals surface area contributed by atoms with E-state index in [1.54, 1.807) is 0 Å². The molecule has 72 valence electrons. The SMILES string of the molecule is OCc1cccn2nc(C3CC3)cc12. The summed E-state index contributed by atoms with van der Waals surface area (Å²) < 4.78 is 1.86. The summed E-state index contributed by atoms with van der Waals surface area (Å²) in [5.74, 6) is 0.668. The molecule has 2 aromatic rings. The van der Waals surface area contributed by atoms with E-state index in [4.69, 9.17) is 5.11 Å². The van der Waals surface area contributed by atoms with Crippen molar-refractivity contribution in [2.75, 3.05) is 0 Å². The molecule has 1 aliphatic rings. The molecule has 2 aromatic heterocycles. The van der Waals surface area contributed by atoms with Gasteiger partial charge in [0.1, 0.15) is 0 Å². The van der Waals surface area contributed by atoms with Gasteiger partial charge in [0, 0.05) is 17.7 Å². The number of nitrogens with zero attached hydrogens (tertiary/aromatic N) is 2. The molecule has 14 heavy (non-hydrogen) atoms. The van der Waals surface area contributed by atoms with Crippen LogP contribution in [-0.2, 0) is 6.61 Å². The third-order valence-corrected chi connectivity index (χ3v) is 2.77. The van der Waals surface area contributed by atoms with Crippen molar-refractivity contribution in [2.45, 2.75) is 25.4 Å². The average molecular weight is 188 g/mol. The minimum atomic E-state index is 0.0835. The molecule has 3 rings (SSSR count). The number of aromatic nitrogens is 2. The van der Waals surface area contributed by atoms with Gasteiger partial charge in [0.05, 0.1) is 17.8 Å². The zero-order chi connectivity index (χ0) is 9.54. The Morgan fingerprint density at radius 3 is 3.07 bits per heavy atom. The second kappa shape index (κ2) is 2.82. The zero-order valence-electron chi connectivity index (χ0n) is 7.85. The molecule has 3 heteroatoms. The number of aliphatic hydroxyl groups excluding tert-OH is 1. The lowest BCUT2D eigenvalue weighted by atomic mass is 10.2. The smallest absolute Gasteiger partial charge is 0.0719 e. The van der Waals surface area contributed by atoms with Gasteiger partial charge in [0.25, 0.3) is 0 Å². The van der Waals surface area contributed by atoms with Crippen molar-refractivity contribution in [1.29, 1.82) is 0 Å². The molecule has 0 atom stereocenters. The van der Waals surface area contributed by atoms with Gasteiger partial charge in [-0.05, 0) is 25.0 Å². The van der Waals surface area contributed by atoms with E-state index >= 15 is 0 Å². The summed E-state index contributed by atoms with van der Waals surface area (Å²) in [5.41, 5.74) is 3.16. The predicted molar refractivity (Wildman–Crippen MR) is 53.1 cm³/mol. The highest BCUT2D eigenvalue weighted by molar-refractivity contribution is 5.55. The van der Waals surface area contributed by atoms with Crippen molar-refractivity contribution in [3.8, 4) is 0 Å². The summed E-state index contributed by atoms with van der Waals surface area (Å²) >= 11 is 0. The van der Waals surface area contributed by atoms with Crippen LogP contribution in [0.3, 0.4) is 0 Å². The summed E-state index contributed by atoms with van der Waals surface area (Å²) in [6, 6.07) is 5.96. The van der Waals surface area contributed by atoms with Gasteiger partial charge >= 0.3 is 0 Å². The molecular weight excluding hydrogens is 176 g/mol. The molecule has 2 heterocycles. The van der Waals surface area contributed by atoms with E-state index in [-0.39, 0.29) is 6.61 Å². The molecule has 0 unspecified atom stereocenters. The van der Waals surface area contributed by atoms with Crippen molar-refractivity contribution < 1.29 is 5.11 Å². The van der Waals surface area contributed by atoms with E-state index in [0.717, 1.165) is 11.1 Å². The van der Waals surface area contributed by atoms with Gasteiger partial charge in [-0.2, -0.15) is 5.10 Å². The Morgan fingerprint density at radius 2 is 2.36 bits per heavy atom. The van der Waals surface area contributed by atoms with Gasteiger partial charge in [-0.15, -0.1) is 0 Å². The molecule has 0 spiro atoms. The standard InChI is InChI=1S/C11H12N2O/c14-7-9-2-1-5-13-11(9)6-10(12-13)8-3-4-8/h1-2,5-6,8,14H,3-4,7H2. The lowest BCUT2D eigenvalue weighted by Crippen LogP contribution is -1.91. The van der Waals surface area contributed by atoms with Crippen LogP contribution in [0.25, 0.3) is 5.52 Å². The molecular formula is C11H12N2O. The highest BCUT2D eigenvalue weighted by atomic mass is 16.3. The van der Waals surface area contributed by atoms with Gasteiger partial charge in [-0.3, -0.25) is 0 Å². The van der Waals surface area contributed by atoms with Crippen LogP contribution in [0.1, 0.15) is 30.0 Å². The Balaban J connectivity index is 2.20. The van der Waals surface area contributed by atoms with Crippen molar-refractivity contribution >= 4 is 5.52 Å². The summed E-state index contributed by atoms with van der Waals surface area (Å²) in [6.45, 7) is 0.0835. The molecule has 1 saturated carbocycles. The Morgan fingerprint density at radius 1 is 1.50 bits per heavy atom. The topological polar surface area (TPSA) is 37.5 Å². The highest BCUT2D eigenvalue weighted by Gasteiger charge is 2.26. The van der Waals surface area contributed by atoms with Gasteiger partial charge in [-0.25, -0.2) is 4.52 Å². The van der Waals surface area contributed by atoms with Gasteiger partial charge in [0.2, 0.25) is 0 Å². The second-order valence-electron chi connectivity index (χ2n) is 3.86. The molecule has 0 aliphatic heterocycles. The first-order chi connectivity index (χ1) is 6.88. The zero-order valence-corrected chi connectivity index (χ0v) is 7.85. The van der Waals surface area contributed by atoms with E-state index < -0.39 is 0 Å². The summed E-state index contributed by atoms with van der Waals surface area (Å²) in [6.07, 6.45) is 4.46. The Hall–Kier alpha value is -1.35. The maximum Gasteiger partial charge on any atom is 0.0719 e. The third kappa shape index (κ3) is 1.13. The Labute approximate surface area is 82.0 Å². The maximum atomic E-state index is 9.16. The van der Waals surface area contributed by atoms with E-state index in [1.807, 2.05) is 22.8 Å². The fourth-order valence-electron chi connectivity index (χ4n) is 1.81. The van der Waals surface area contributed by atoms with E-state index in [0.29, 0.717) is 5.92 Å². The molecule has 0 radical (unpaired) electrons. The number of pyridine rings is 1. The molecule has 0 amide bonds. The maximum absolute atomic E-state index is 9.16. The van der Waals surface area contributed by atoms with Crippen LogP contribution in [0.5, 0.6) is 0 Å². The fourth-order valence-corrected chi connectivity index (χ4v) is 1.81. The first-order valence-corrected chi connectivity index (χ1v) is 4.96. The largest absolute Gasteiger partial charge is 0.392 e. The number of rotatable bonds is 2. The van der Waals surface area contributed by atoms with Crippen molar-refractivity contribution in [2.24, 2.45) is 0 Å². The van der Waals surface area contributed by atoms with Crippen LogP contribution in [0, 0.1) is 0 Å². The Kier molecular flexibility index (Phi) is 1.61. The summed E-state index contributed by atoms with van der Waals surface area (Å²) in [4.78, 5) is 0. The summed E-state index contributed by atoms with van der Waals surface area (Å²) in [7, 11) is 0. The number of hydrogen-bond donors (Lipinski definition) is 1. The van der Waals surface area contributed by atoms with Gasteiger partial charge < -0.3 is 5.11 Å². The number of aliphatic hydroxyl groups is 1. The average Bonchev–Trinajstić information content (AvgIpc) is 2.97. The quantitative estimate of drug-likeness (QED) is 0.779.